The Labute approximate surface area is 193 Å². The summed E-state index contributed by atoms with van der Waals surface area (Å²) in [5.74, 6) is -0.481. The zero-order valence-corrected chi connectivity index (χ0v) is 19.2. The largest absolute Gasteiger partial charge is 0.325 e. The molecule has 9 heteroatoms. The zero-order chi connectivity index (χ0) is 23.1. The van der Waals surface area contributed by atoms with Crippen molar-refractivity contribution in [2.24, 2.45) is 0 Å². The van der Waals surface area contributed by atoms with Crippen molar-refractivity contribution < 1.29 is 9.18 Å². The number of aryl methyl sites for hydroxylation is 3. The highest BCUT2D eigenvalue weighted by molar-refractivity contribution is 7.99. The second-order valence-corrected chi connectivity index (χ2v) is 8.90. The van der Waals surface area contributed by atoms with Crippen molar-refractivity contribution >= 4 is 34.5 Å². The Morgan fingerprint density at radius 1 is 1.03 bits per heavy atom. The number of nitrogens with one attached hydrogen (secondary N) is 1. The van der Waals surface area contributed by atoms with Crippen LogP contribution in [0.3, 0.4) is 0 Å². The molecule has 0 fully saturated rings. The number of thioether (sulfide) groups is 1. The molecule has 0 bridgehead atoms. The van der Waals surface area contributed by atoms with E-state index in [1.165, 1.54) is 23.4 Å². The van der Waals surface area contributed by atoms with Gasteiger partial charge >= 0.3 is 0 Å². The minimum absolute atomic E-state index is 0.120. The molecule has 5 rings (SSSR count). The van der Waals surface area contributed by atoms with Crippen LogP contribution in [0.5, 0.6) is 0 Å². The van der Waals surface area contributed by atoms with E-state index >= 15 is 0 Å². The second-order valence-electron chi connectivity index (χ2n) is 7.95. The van der Waals surface area contributed by atoms with Crippen LogP contribution in [0.2, 0.25) is 0 Å². The molecule has 1 N–H and O–H groups in total. The van der Waals surface area contributed by atoms with Gasteiger partial charge in [-0.2, -0.15) is 5.10 Å². The Morgan fingerprint density at radius 3 is 2.67 bits per heavy atom. The van der Waals surface area contributed by atoms with Crippen LogP contribution < -0.4 is 5.32 Å². The van der Waals surface area contributed by atoms with Gasteiger partial charge in [0.15, 0.2) is 10.8 Å². The second kappa shape index (κ2) is 8.32. The Bertz CT molecular complexity index is 1520. The first-order valence-electron chi connectivity index (χ1n) is 10.4. The van der Waals surface area contributed by atoms with Gasteiger partial charge < -0.3 is 5.32 Å². The number of hydrogen-bond acceptors (Lipinski definition) is 5. The molecule has 1 amide bonds. The van der Waals surface area contributed by atoms with E-state index in [1.807, 2.05) is 22.9 Å². The van der Waals surface area contributed by atoms with Crippen molar-refractivity contribution in [3.8, 4) is 11.3 Å². The monoisotopic (exact) mass is 460 g/mol. The summed E-state index contributed by atoms with van der Waals surface area (Å²) >= 11 is 1.26. The maximum absolute atomic E-state index is 13.7. The highest BCUT2D eigenvalue weighted by Crippen LogP contribution is 2.27. The number of fused-ring (bicyclic) bond motifs is 3. The van der Waals surface area contributed by atoms with Crippen LogP contribution in [0, 0.1) is 26.6 Å². The number of aromatic nitrogens is 5. The smallest absolute Gasteiger partial charge is 0.234 e. The fraction of sp³-hybridized carbons (Fsp3) is 0.167. The number of halogens is 1. The molecule has 0 atom stereocenters. The molecule has 3 heterocycles. The summed E-state index contributed by atoms with van der Waals surface area (Å²) in [5, 5.41) is 16.6. The number of amides is 1. The van der Waals surface area contributed by atoms with Crippen LogP contribution in [0.15, 0.2) is 60.0 Å². The number of nitrogens with zero attached hydrogens (tertiary/aromatic N) is 5. The Hall–Kier alpha value is -3.72. The standard InChI is InChI=1S/C24H21FN6OS/c1-14-4-5-15(2)18(10-14)20-12-21-23-27-28-24(30(23)8-9-31(21)29-20)33-13-22(32)26-17-7-6-16(3)19(25)11-17/h4-12H,13H2,1-3H3,(H,26,32). The van der Waals surface area contributed by atoms with Crippen LogP contribution in [0.25, 0.3) is 22.4 Å². The summed E-state index contributed by atoms with van der Waals surface area (Å²) in [7, 11) is 0. The predicted molar refractivity (Wildman–Crippen MR) is 127 cm³/mol. The van der Waals surface area contributed by atoms with Gasteiger partial charge in [0.25, 0.3) is 0 Å². The maximum atomic E-state index is 13.7. The summed E-state index contributed by atoms with van der Waals surface area (Å²) < 4.78 is 17.3. The minimum Gasteiger partial charge on any atom is -0.325 e. The van der Waals surface area contributed by atoms with Gasteiger partial charge in [-0.1, -0.05) is 35.5 Å². The number of anilines is 1. The van der Waals surface area contributed by atoms with Crippen molar-refractivity contribution in [1.82, 2.24) is 24.2 Å². The summed E-state index contributed by atoms with van der Waals surface area (Å²) in [5.41, 5.74) is 6.71. The number of hydrogen-bond donors (Lipinski definition) is 1. The van der Waals surface area contributed by atoms with E-state index in [-0.39, 0.29) is 17.5 Å². The Morgan fingerprint density at radius 2 is 1.85 bits per heavy atom. The SMILES string of the molecule is Cc1ccc(C)c(-c2cc3c4nnc(SCC(=O)Nc5ccc(C)c(F)c5)n4ccn3n2)c1. The highest BCUT2D eigenvalue weighted by Gasteiger charge is 2.15. The summed E-state index contributed by atoms with van der Waals surface area (Å²) in [6.07, 6.45) is 3.68. The Balaban J connectivity index is 1.38. The number of benzene rings is 2. The molecule has 33 heavy (non-hydrogen) atoms. The normalized spacial score (nSPS) is 11.4. The average Bonchev–Trinajstić information content (AvgIpc) is 3.40. The third kappa shape index (κ3) is 4.07. The van der Waals surface area contributed by atoms with Crippen LogP contribution >= 0.6 is 11.8 Å². The molecule has 0 aliphatic carbocycles. The van der Waals surface area contributed by atoms with Crippen LogP contribution in [0.4, 0.5) is 10.1 Å². The quantitative estimate of drug-likeness (QED) is 0.380. The lowest BCUT2D eigenvalue weighted by atomic mass is 10.0. The van der Waals surface area contributed by atoms with Crippen molar-refractivity contribution in [3.05, 3.63) is 77.4 Å². The van der Waals surface area contributed by atoms with Gasteiger partial charge in [0.1, 0.15) is 11.3 Å². The molecule has 0 unspecified atom stereocenters. The van der Waals surface area contributed by atoms with Gasteiger partial charge in [0.05, 0.1) is 11.4 Å². The molecule has 0 aliphatic rings. The van der Waals surface area contributed by atoms with Gasteiger partial charge in [-0.3, -0.25) is 9.20 Å². The first-order chi connectivity index (χ1) is 15.9. The topological polar surface area (TPSA) is 76.6 Å². The molecule has 0 radical (unpaired) electrons. The fourth-order valence-electron chi connectivity index (χ4n) is 3.63. The molecular weight excluding hydrogens is 439 g/mol. The van der Waals surface area contributed by atoms with Gasteiger partial charge in [0.2, 0.25) is 5.91 Å². The molecule has 7 nitrogen and oxygen atoms in total. The van der Waals surface area contributed by atoms with Gasteiger partial charge in [-0.15, -0.1) is 10.2 Å². The van der Waals surface area contributed by atoms with Gasteiger partial charge in [-0.25, -0.2) is 8.91 Å². The van der Waals surface area contributed by atoms with E-state index in [2.05, 4.69) is 47.6 Å². The van der Waals surface area contributed by atoms with Crippen molar-refractivity contribution in [1.29, 1.82) is 0 Å². The highest BCUT2D eigenvalue weighted by atomic mass is 32.2. The summed E-state index contributed by atoms with van der Waals surface area (Å²) in [6, 6.07) is 12.9. The van der Waals surface area contributed by atoms with Crippen molar-refractivity contribution in [2.75, 3.05) is 11.1 Å². The molecule has 0 spiro atoms. The average molecular weight is 461 g/mol. The molecule has 5 aromatic rings. The first kappa shape index (κ1) is 21.1. The third-order valence-corrected chi connectivity index (χ3v) is 6.39. The van der Waals surface area contributed by atoms with E-state index in [0.717, 1.165) is 22.3 Å². The summed E-state index contributed by atoms with van der Waals surface area (Å²) in [6.45, 7) is 5.80. The number of carbonyl (C=O) groups is 1. The van der Waals surface area contributed by atoms with Crippen molar-refractivity contribution in [2.45, 2.75) is 25.9 Å². The lowest BCUT2D eigenvalue weighted by Crippen LogP contribution is -2.14. The molecule has 3 aromatic heterocycles. The fourth-order valence-corrected chi connectivity index (χ4v) is 4.35. The molecular formula is C24H21FN6OS. The lowest BCUT2D eigenvalue weighted by molar-refractivity contribution is -0.113. The van der Waals surface area contributed by atoms with Crippen molar-refractivity contribution in [3.63, 3.8) is 0 Å². The van der Waals surface area contributed by atoms with E-state index < -0.39 is 0 Å². The third-order valence-electron chi connectivity index (χ3n) is 5.44. The van der Waals surface area contributed by atoms with E-state index in [1.54, 1.807) is 23.6 Å². The minimum atomic E-state index is -0.353. The van der Waals surface area contributed by atoms with E-state index in [0.29, 0.717) is 22.1 Å². The van der Waals surface area contributed by atoms with E-state index in [9.17, 15) is 9.18 Å². The molecule has 0 aliphatic heterocycles. The zero-order valence-electron chi connectivity index (χ0n) is 18.3. The first-order valence-corrected chi connectivity index (χ1v) is 11.4. The predicted octanol–water partition coefficient (Wildman–Crippen LogP) is 4.84. The molecule has 0 saturated heterocycles. The Kier molecular flexibility index (Phi) is 5.33. The summed E-state index contributed by atoms with van der Waals surface area (Å²) in [4.78, 5) is 12.3. The molecule has 2 aromatic carbocycles. The molecule has 0 saturated carbocycles. The van der Waals surface area contributed by atoms with Gasteiger partial charge in [0, 0.05) is 23.6 Å². The van der Waals surface area contributed by atoms with Crippen LogP contribution in [0.1, 0.15) is 16.7 Å². The van der Waals surface area contributed by atoms with E-state index in [4.69, 9.17) is 5.10 Å². The van der Waals surface area contributed by atoms with Crippen LogP contribution in [-0.2, 0) is 4.79 Å². The lowest BCUT2D eigenvalue weighted by Gasteiger charge is -2.06. The number of carbonyl (C=O) groups excluding carboxylic acids is 1. The maximum Gasteiger partial charge on any atom is 0.234 e. The number of rotatable bonds is 5. The van der Waals surface area contributed by atoms with Crippen LogP contribution in [-0.4, -0.2) is 35.9 Å². The van der Waals surface area contributed by atoms with Gasteiger partial charge in [-0.05, 0) is 56.2 Å². The molecule has 166 valence electrons.